The largest absolute Gasteiger partial charge is 0.396 e. The van der Waals surface area contributed by atoms with E-state index in [0.717, 1.165) is 0 Å². The highest BCUT2D eigenvalue weighted by molar-refractivity contribution is 5.13. The molecule has 0 amide bonds. The average molecular weight is 140 g/mol. The summed E-state index contributed by atoms with van der Waals surface area (Å²) in [6.45, 7) is 5.08. The first kappa shape index (κ1) is 6.66. The fraction of sp³-hybridized carbons (Fsp3) is 1.00. The maximum absolute atomic E-state index is 8.88. The molecule has 0 radical (unpaired) electrons. The van der Waals surface area contributed by atoms with Crippen LogP contribution in [0.1, 0.15) is 33.1 Å². The van der Waals surface area contributed by atoms with E-state index in [9.17, 15) is 0 Å². The summed E-state index contributed by atoms with van der Waals surface area (Å²) in [6.07, 6.45) is 4.00. The van der Waals surface area contributed by atoms with Crippen molar-refractivity contribution in [1.29, 1.82) is 0 Å². The molecule has 2 aliphatic carbocycles. The molecule has 0 aromatic rings. The van der Waals surface area contributed by atoms with Crippen molar-refractivity contribution >= 4 is 0 Å². The second-order valence-electron chi connectivity index (χ2n) is 4.96. The first-order valence-electron chi connectivity index (χ1n) is 4.19. The highest BCUT2D eigenvalue weighted by Crippen LogP contribution is 2.71. The summed E-state index contributed by atoms with van der Waals surface area (Å²) in [7, 11) is 0. The molecule has 0 aromatic heterocycles. The van der Waals surface area contributed by atoms with Crippen molar-refractivity contribution in [3.8, 4) is 0 Å². The molecule has 1 N–H and O–H groups in total. The third-order valence-electron chi connectivity index (χ3n) is 3.24. The maximum atomic E-state index is 8.88. The van der Waals surface area contributed by atoms with Crippen molar-refractivity contribution < 1.29 is 5.11 Å². The quantitative estimate of drug-likeness (QED) is 0.589. The number of hydrogen-bond donors (Lipinski definition) is 1. The number of hydrogen-bond acceptors (Lipinski definition) is 1. The summed E-state index contributed by atoms with van der Waals surface area (Å²) in [4.78, 5) is 0. The monoisotopic (exact) mass is 140 g/mol. The lowest BCUT2D eigenvalue weighted by Crippen LogP contribution is -2.34. The summed E-state index contributed by atoms with van der Waals surface area (Å²) >= 11 is 0. The van der Waals surface area contributed by atoms with Gasteiger partial charge in [-0.25, -0.2) is 0 Å². The van der Waals surface area contributed by atoms with Gasteiger partial charge in [-0.15, -0.1) is 0 Å². The molecule has 0 saturated heterocycles. The zero-order valence-corrected chi connectivity index (χ0v) is 6.85. The highest BCUT2D eigenvalue weighted by atomic mass is 16.3. The molecule has 0 bridgehead atoms. The van der Waals surface area contributed by atoms with Gasteiger partial charge < -0.3 is 5.11 Å². The summed E-state index contributed by atoms with van der Waals surface area (Å²) in [5.74, 6) is 0.667. The summed E-state index contributed by atoms with van der Waals surface area (Å²) in [5.41, 5.74) is 1.21. The molecule has 2 saturated carbocycles. The Morgan fingerprint density at radius 1 is 1.40 bits per heavy atom. The van der Waals surface area contributed by atoms with E-state index in [4.69, 9.17) is 5.11 Å². The minimum atomic E-state index is 0.427. The van der Waals surface area contributed by atoms with Crippen LogP contribution in [0.5, 0.6) is 0 Å². The van der Waals surface area contributed by atoms with Crippen LogP contribution in [0, 0.1) is 16.7 Å². The number of aliphatic hydroxyl groups is 1. The van der Waals surface area contributed by atoms with Crippen LogP contribution in [-0.4, -0.2) is 11.7 Å². The number of aliphatic hydroxyl groups excluding tert-OH is 1. The van der Waals surface area contributed by atoms with Gasteiger partial charge in [-0.3, -0.25) is 0 Å². The summed E-state index contributed by atoms with van der Waals surface area (Å²) in [5, 5.41) is 8.88. The molecule has 1 nitrogen and oxygen atoms in total. The highest BCUT2D eigenvalue weighted by Gasteiger charge is 2.63. The SMILES string of the molecule is CC1(C)CC2(CC2CO)C1. The Morgan fingerprint density at radius 3 is 2.30 bits per heavy atom. The maximum Gasteiger partial charge on any atom is 0.0464 e. The topological polar surface area (TPSA) is 20.2 Å². The molecule has 1 heteroatoms. The predicted octanol–water partition coefficient (Wildman–Crippen LogP) is 1.80. The van der Waals surface area contributed by atoms with Gasteiger partial charge in [0, 0.05) is 6.61 Å². The van der Waals surface area contributed by atoms with Crippen molar-refractivity contribution in [2.75, 3.05) is 6.61 Å². The van der Waals surface area contributed by atoms with Gasteiger partial charge in [-0.1, -0.05) is 13.8 Å². The Kier molecular flexibility index (Phi) is 1.05. The second-order valence-corrected chi connectivity index (χ2v) is 4.96. The summed E-state index contributed by atoms with van der Waals surface area (Å²) < 4.78 is 0. The van der Waals surface area contributed by atoms with Crippen molar-refractivity contribution in [3.05, 3.63) is 0 Å². The molecular formula is C9H16O. The first-order valence-corrected chi connectivity index (χ1v) is 4.19. The van der Waals surface area contributed by atoms with Crippen LogP contribution >= 0.6 is 0 Å². The predicted molar refractivity (Wildman–Crippen MR) is 40.6 cm³/mol. The Hall–Kier alpha value is -0.0400. The lowest BCUT2D eigenvalue weighted by Gasteiger charge is -2.44. The van der Waals surface area contributed by atoms with Crippen LogP contribution < -0.4 is 0 Å². The summed E-state index contributed by atoms with van der Waals surface area (Å²) in [6, 6.07) is 0. The van der Waals surface area contributed by atoms with E-state index in [1.807, 2.05) is 0 Å². The lowest BCUT2D eigenvalue weighted by atomic mass is 9.61. The lowest BCUT2D eigenvalue weighted by molar-refractivity contribution is 0.0516. The third kappa shape index (κ3) is 0.731. The van der Waals surface area contributed by atoms with Gasteiger partial charge >= 0.3 is 0 Å². The van der Waals surface area contributed by atoms with Gasteiger partial charge in [0.15, 0.2) is 0 Å². The molecule has 1 atom stereocenters. The van der Waals surface area contributed by atoms with Gasteiger partial charge in [0.1, 0.15) is 0 Å². The molecule has 2 aliphatic rings. The average Bonchev–Trinajstić information content (AvgIpc) is 2.39. The van der Waals surface area contributed by atoms with Gasteiger partial charge in [-0.05, 0) is 36.0 Å². The van der Waals surface area contributed by atoms with Crippen LogP contribution in [0.3, 0.4) is 0 Å². The molecule has 0 aliphatic heterocycles. The van der Waals surface area contributed by atoms with Gasteiger partial charge in [0.2, 0.25) is 0 Å². The Labute approximate surface area is 62.4 Å². The van der Waals surface area contributed by atoms with Crippen molar-refractivity contribution in [1.82, 2.24) is 0 Å². The van der Waals surface area contributed by atoms with Gasteiger partial charge in [0.05, 0.1) is 0 Å². The number of rotatable bonds is 1. The van der Waals surface area contributed by atoms with Crippen LogP contribution in [0.25, 0.3) is 0 Å². The minimum absolute atomic E-state index is 0.427. The van der Waals surface area contributed by atoms with E-state index in [-0.39, 0.29) is 0 Å². The molecule has 0 aromatic carbocycles. The molecule has 2 fully saturated rings. The molecular weight excluding hydrogens is 124 g/mol. The Balaban J connectivity index is 1.92. The zero-order chi connectivity index (χ0) is 7.41. The molecule has 0 heterocycles. The van der Waals surface area contributed by atoms with E-state index in [1.165, 1.54) is 19.3 Å². The smallest absolute Gasteiger partial charge is 0.0464 e. The van der Waals surface area contributed by atoms with Crippen molar-refractivity contribution in [3.63, 3.8) is 0 Å². The Bertz CT molecular complexity index is 152. The molecule has 2 rings (SSSR count). The molecule has 58 valence electrons. The van der Waals surface area contributed by atoms with Gasteiger partial charge in [0.25, 0.3) is 0 Å². The van der Waals surface area contributed by atoms with Gasteiger partial charge in [-0.2, -0.15) is 0 Å². The fourth-order valence-corrected chi connectivity index (χ4v) is 2.98. The van der Waals surface area contributed by atoms with E-state index in [0.29, 0.717) is 23.4 Å². The minimum Gasteiger partial charge on any atom is -0.396 e. The molecule has 1 unspecified atom stereocenters. The standard InChI is InChI=1S/C9H16O/c1-8(2)5-9(6-8)3-7(9)4-10/h7,10H,3-6H2,1-2H3. The second kappa shape index (κ2) is 1.58. The van der Waals surface area contributed by atoms with Crippen molar-refractivity contribution in [2.45, 2.75) is 33.1 Å². The first-order chi connectivity index (χ1) is 4.58. The third-order valence-corrected chi connectivity index (χ3v) is 3.24. The van der Waals surface area contributed by atoms with E-state index >= 15 is 0 Å². The van der Waals surface area contributed by atoms with E-state index in [1.54, 1.807) is 0 Å². The van der Waals surface area contributed by atoms with E-state index < -0.39 is 0 Å². The van der Waals surface area contributed by atoms with Crippen LogP contribution in [0.4, 0.5) is 0 Å². The van der Waals surface area contributed by atoms with Crippen LogP contribution in [-0.2, 0) is 0 Å². The van der Waals surface area contributed by atoms with E-state index in [2.05, 4.69) is 13.8 Å². The zero-order valence-electron chi connectivity index (χ0n) is 6.85. The van der Waals surface area contributed by atoms with Crippen LogP contribution in [0.15, 0.2) is 0 Å². The van der Waals surface area contributed by atoms with Crippen molar-refractivity contribution in [2.24, 2.45) is 16.7 Å². The Morgan fingerprint density at radius 2 is 2.00 bits per heavy atom. The van der Waals surface area contributed by atoms with Crippen LogP contribution in [0.2, 0.25) is 0 Å². The fourth-order valence-electron chi connectivity index (χ4n) is 2.98. The molecule has 10 heavy (non-hydrogen) atoms. The molecule has 1 spiro atoms. The normalized spacial score (nSPS) is 39.3.